The number of hydrogen-bond donors (Lipinski definition) is 0. The molecule has 6 nitrogen and oxygen atoms in total. The molecular weight excluding hydrogens is 372 g/mol. The van der Waals surface area contributed by atoms with Gasteiger partial charge >= 0.3 is 0 Å². The molecule has 3 aromatic heterocycles. The van der Waals surface area contributed by atoms with E-state index in [0.717, 1.165) is 11.0 Å². The number of nitrogens with zero attached hydrogens (tertiary/aromatic N) is 4. The maximum atomic E-state index is 12.9. The van der Waals surface area contributed by atoms with Crippen molar-refractivity contribution in [3.05, 3.63) is 46.6 Å². The van der Waals surface area contributed by atoms with E-state index >= 15 is 0 Å². The molecule has 0 aliphatic heterocycles. The number of ketones is 1. The van der Waals surface area contributed by atoms with Crippen molar-refractivity contribution in [3.8, 4) is 5.88 Å². The van der Waals surface area contributed by atoms with Crippen LogP contribution >= 0.6 is 15.9 Å². The largest absolute Gasteiger partial charge is 0.477 e. The van der Waals surface area contributed by atoms with Gasteiger partial charge < -0.3 is 9.30 Å². The molecule has 3 rings (SSSR count). The Morgan fingerprint density at radius 2 is 2.12 bits per heavy atom. The van der Waals surface area contributed by atoms with Crippen LogP contribution in [0.2, 0.25) is 0 Å². The van der Waals surface area contributed by atoms with Gasteiger partial charge in [0.1, 0.15) is 12.0 Å². The van der Waals surface area contributed by atoms with Crippen LogP contribution in [0, 0.1) is 0 Å². The van der Waals surface area contributed by atoms with E-state index in [1.165, 1.54) is 12.5 Å². The lowest BCUT2D eigenvalue weighted by molar-refractivity contribution is 0.103. The van der Waals surface area contributed by atoms with Gasteiger partial charge in [0.25, 0.3) is 0 Å². The summed E-state index contributed by atoms with van der Waals surface area (Å²) in [7, 11) is 0. The van der Waals surface area contributed by atoms with Crippen molar-refractivity contribution in [2.24, 2.45) is 0 Å². The Bertz CT molecular complexity index is 905. The van der Waals surface area contributed by atoms with Crippen molar-refractivity contribution in [2.45, 2.75) is 26.8 Å². The van der Waals surface area contributed by atoms with E-state index in [0.29, 0.717) is 28.1 Å². The fourth-order valence-electron chi connectivity index (χ4n) is 2.51. The molecule has 0 spiro atoms. The monoisotopic (exact) mass is 388 g/mol. The number of fused-ring (bicyclic) bond motifs is 1. The third-order valence-corrected chi connectivity index (χ3v) is 4.21. The van der Waals surface area contributed by atoms with Crippen molar-refractivity contribution < 1.29 is 9.53 Å². The van der Waals surface area contributed by atoms with Crippen LogP contribution in [0.1, 0.15) is 42.7 Å². The Hall–Kier alpha value is -2.28. The third kappa shape index (κ3) is 2.91. The van der Waals surface area contributed by atoms with E-state index < -0.39 is 0 Å². The van der Waals surface area contributed by atoms with Gasteiger partial charge in [-0.1, -0.05) is 0 Å². The van der Waals surface area contributed by atoms with E-state index in [1.54, 1.807) is 12.3 Å². The average Bonchev–Trinajstić information content (AvgIpc) is 2.96. The lowest BCUT2D eigenvalue weighted by Crippen LogP contribution is -2.04. The predicted molar refractivity (Wildman–Crippen MR) is 94.5 cm³/mol. The fraction of sp³-hybridized carbons (Fsp3) is 0.294. The average molecular weight is 389 g/mol. The standard InChI is InChI=1S/C17H17BrN4O2/c1-4-24-17-14(18)5-11(6-20-17)15(23)13-8-22(10(2)3)16-12(13)7-19-9-21-16/h5-10H,4H2,1-3H3. The van der Waals surface area contributed by atoms with Crippen molar-refractivity contribution in [3.63, 3.8) is 0 Å². The molecule has 0 aromatic carbocycles. The molecule has 3 heterocycles. The van der Waals surface area contributed by atoms with Gasteiger partial charge in [0, 0.05) is 35.6 Å². The number of carbonyl (C=O) groups is 1. The van der Waals surface area contributed by atoms with Crippen LogP contribution in [-0.2, 0) is 0 Å². The predicted octanol–water partition coefficient (Wildman–Crippen LogP) is 3.80. The number of pyridine rings is 1. The van der Waals surface area contributed by atoms with Gasteiger partial charge in [-0.2, -0.15) is 0 Å². The van der Waals surface area contributed by atoms with E-state index in [1.807, 2.05) is 31.5 Å². The Balaban J connectivity index is 2.08. The van der Waals surface area contributed by atoms with E-state index in [2.05, 4.69) is 30.9 Å². The van der Waals surface area contributed by atoms with Gasteiger partial charge in [-0.15, -0.1) is 0 Å². The Labute approximate surface area is 148 Å². The molecule has 124 valence electrons. The third-order valence-electron chi connectivity index (χ3n) is 3.65. The minimum Gasteiger partial charge on any atom is -0.477 e. The molecule has 0 amide bonds. The maximum absolute atomic E-state index is 12.9. The summed E-state index contributed by atoms with van der Waals surface area (Å²) < 4.78 is 8.01. The van der Waals surface area contributed by atoms with Crippen LogP contribution in [0.25, 0.3) is 11.0 Å². The number of halogens is 1. The van der Waals surface area contributed by atoms with Crippen molar-refractivity contribution in [1.29, 1.82) is 0 Å². The Morgan fingerprint density at radius 3 is 2.79 bits per heavy atom. The molecule has 0 saturated carbocycles. The van der Waals surface area contributed by atoms with Gasteiger partial charge in [0.15, 0.2) is 5.78 Å². The molecule has 0 aliphatic rings. The van der Waals surface area contributed by atoms with Gasteiger partial charge in [-0.3, -0.25) is 4.79 Å². The van der Waals surface area contributed by atoms with Crippen LogP contribution in [-0.4, -0.2) is 31.9 Å². The zero-order valence-electron chi connectivity index (χ0n) is 13.7. The molecule has 0 aliphatic carbocycles. The molecule has 0 saturated heterocycles. The maximum Gasteiger partial charge on any atom is 0.227 e. The fourth-order valence-corrected chi connectivity index (χ4v) is 2.97. The van der Waals surface area contributed by atoms with Gasteiger partial charge in [0.05, 0.1) is 16.6 Å². The lowest BCUT2D eigenvalue weighted by Gasteiger charge is -2.07. The number of aromatic nitrogens is 4. The highest BCUT2D eigenvalue weighted by atomic mass is 79.9. The molecule has 7 heteroatoms. The number of rotatable bonds is 5. The highest BCUT2D eigenvalue weighted by Crippen LogP contribution is 2.27. The van der Waals surface area contributed by atoms with Crippen LogP contribution in [0.3, 0.4) is 0 Å². The number of hydrogen-bond acceptors (Lipinski definition) is 5. The van der Waals surface area contributed by atoms with Crippen LogP contribution < -0.4 is 4.74 Å². The van der Waals surface area contributed by atoms with Gasteiger partial charge in [-0.05, 0) is 42.8 Å². The summed E-state index contributed by atoms with van der Waals surface area (Å²) in [6, 6.07) is 1.91. The first-order chi connectivity index (χ1) is 11.5. The molecule has 0 fully saturated rings. The zero-order chi connectivity index (χ0) is 17.3. The van der Waals surface area contributed by atoms with E-state index in [9.17, 15) is 4.79 Å². The Morgan fingerprint density at radius 1 is 1.33 bits per heavy atom. The second-order valence-corrected chi connectivity index (χ2v) is 6.43. The highest BCUT2D eigenvalue weighted by Gasteiger charge is 2.20. The SMILES string of the molecule is CCOc1ncc(C(=O)c2cn(C(C)C)c3ncncc23)cc1Br. The van der Waals surface area contributed by atoms with Crippen LogP contribution in [0.4, 0.5) is 0 Å². The summed E-state index contributed by atoms with van der Waals surface area (Å²) in [5.74, 6) is 0.354. The first-order valence-electron chi connectivity index (χ1n) is 7.66. The van der Waals surface area contributed by atoms with Crippen molar-refractivity contribution in [1.82, 2.24) is 19.5 Å². The summed E-state index contributed by atoms with van der Waals surface area (Å²) in [4.78, 5) is 25.5. The van der Waals surface area contributed by atoms with Gasteiger partial charge in [-0.25, -0.2) is 15.0 Å². The zero-order valence-corrected chi connectivity index (χ0v) is 15.2. The highest BCUT2D eigenvalue weighted by molar-refractivity contribution is 9.10. The molecular formula is C17H17BrN4O2. The summed E-state index contributed by atoms with van der Waals surface area (Å²) in [5.41, 5.74) is 1.80. The topological polar surface area (TPSA) is 69.9 Å². The van der Waals surface area contributed by atoms with Crippen molar-refractivity contribution in [2.75, 3.05) is 6.61 Å². The molecule has 0 radical (unpaired) electrons. The summed E-state index contributed by atoms with van der Waals surface area (Å²) >= 11 is 3.40. The summed E-state index contributed by atoms with van der Waals surface area (Å²) in [6.45, 7) is 6.49. The normalized spacial score (nSPS) is 11.2. The van der Waals surface area contributed by atoms with E-state index in [4.69, 9.17) is 4.74 Å². The quantitative estimate of drug-likeness (QED) is 0.621. The summed E-state index contributed by atoms with van der Waals surface area (Å²) in [6.07, 6.45) is 6.52. The smallest absolute Gasteiger partial charge is 0.227 e. The molecule has 0 N–H and O–H groups in total. The molecule has 0 atom stereocenters. The first-order valence-corrected chi connectivity index (χ1v) is 8.45. The van der Waals surface area contributed by atoms with Crippen LogP contribution in [0.15, 0.2) is 35.5 Å². The minimum absolute atomic E-state index is 0.120. The first kappa shape index (κ1) is 16.6. The second-order valence-electron chi connectivity index (χ2n) is 5.58. The Kier molecular flexibility index (Phi) is 4.62. The molecule has 24 heavy (non-hydrogen) atoms. The molecule has 0 bridgehead atoms. The molecule has 3 aromatic rings. The molecule has 0 unspecified atom stereocenters. The van der Waals surface area contributed by atoms with Crippen LogP contribution in [0.5, 0.6) is 5.88 Å². The minimum atomic E-state index is -0.120. The number of ether oxygens (including phenoxy) is 1. The number of carbonyl (C=O) groups excluding carboxylic acids is 1. The van der Waals surface area contributed by atoms with E-state index in [-0.39, 0.29) is 11.8 Å². The van der Waals surface area contributed by atoms with Gasteiger partial charge in [0.2, 0.25) is 5.88 Å². The second kappa shape index (κ2) is 6.68. The van der Waals surface area contributed by atoms with Crippen molar-refractivity contribution >= 4 is 32.7 Å². The lowest BCUT2D eigenvalue weighted by atomic mass is 10.1. The summed E-state index contributed by atoms with van der Waals surface area (Å²) in [5, 5.41) is 0.737.